The first kappa shape index (κ1) is 20.4. The van der Waals surface area contributed by atoms with Crippen LogP contribution in [0.5, 0.6) is 0 Å². The van der Waals surface area contributed by atoms with Gasteiger partial charge in [-0.25, -0.2) is 0 Å². The van der Waals surface area contributed by atoms with Gasteiger partial charge in [-0.2, -0.15) is 0 Å². The smallest absolute Gasteiger partial charge is 0.269 e. The third-order valence-electron chi connectivity index (χ3n) is 5.45. The molecule has 3 aromatic rings. The summed E-state index contributed by atoms with van der Waals surface area (Å²) in [5.41, 5.74) is 3.27. The zero-order chi connectivity index (χ0) is 20.9. The lowest BCUT2D eigenvalue weighted by Gasteiger charge is -2.30. The van der Waals surface area contributed by atoms with Crippen LogP contribution in [0.3, 0.4) is 0 Å². The lowest BCUT2D eigenvalue weighted by atomic mass is 9.99. The molecule has 3 heterocycles. The number of nitrogens with zero attached hydrogens (tertiary/aromatic N) is 5. The van der Waals surface area contributed by atoms with Gasteiger partial charge in [0.2, 0.25) is 0 Å². The minimum atomic E-state index is -0.166. The van der Waals surface area contributed by atoms with Crippen molar-refractivity contribution >= 4 is 28.9 Å². The van der Waals surface area contributed by atoms with Crippen LogP contribution >= 0.6 is 11.5 Å². The van der Waals surface area contributed by atoms with E-state index < -0.39 is 0 Å². The van der Waals surface area contributed by atoms with Crippen molar-refractivity contribution in [2.24, 2.45) is 5.92 Å². The van der Waals surface area contributed by atoms with E-state index in [1.807, 2.05) is 36.4 Å². The van der Waals surface area contributed by atoms with Crippen molar-refractivity contribution in [1.29, 1.82) is 0 Å². The van der Waals surface area contributed by atoms with E-state index in [4.69, 9.17) is 0 Å². The van der Waals surface area contributed by atoms with E-state index in [2.05, 4.69) is 43.8 Å². The summed E-state index contributed by atoms with van der Waals surface area (Å²) in [5, 5.41) is 15.8. The topological polar surface area (TPSA) is 83.9 Å². The van der Waals surface area contributed by atoms with E-state index in [-0.39, 0.29) is 5.91 Å². The Bertz CT molecular complexity index is 978. The number of hydrogen-bond acceptors (Lipinski definition) is 7. The van der Waals surface area contributed by atoms with Gasteiger partial charge in [-0.05, 0) is 61.0 Å². The van der Waals surface area contributed by atoms with E-state index in [1.54, 1.807) is 0 Å². The first-order valence-corrected chi connectivity index (χ1v) is 11.2. The number of hydrogen-bond donors (Lipinski definition) is 1. The van der Waals surface area contributed by atoms with Gasteiger partial charge in [0.05, 0.1) is 11.4 Å². The van der Waals surface area contributed by atoms with Gasteiger partial charge in [-0.1, -0.05) is 36.9 Å². The molecule has 156 valence electrons. The van der Waals surface area contributed by atoms with Crippen molar-refractivity contribution in [3.63, 3.8) is 0 Å². The van der Waals surface area contributed by atoms with E-state index in [0.717, 1.165) is 71.8 Å². The van der Waals surface area contributed by atoms with Gasteiger partial charge in [0.15, 0.2) is 5.82 Å². The van der Waals surface area contributed by atoms with Gasteiger partial charge in [0, 0.05) is 24.3 Å². The molecule has 7 nitrogen and oxygen atoms in total. The maximum Gasteiger partial charge on any atom is 0.269 e. The van der Waals surface area contributed by atoms with Crippen LogP contribution in [-0.4, -0.2) is 38.8 Å². The zero-order valence-electron chi connectivity index (χ0n) is 17.3. The minimum absolute atomic E-state index is 0.166. The molecule has 0 radical (unpaired) electrons. The predicted octanol–water partition coefficient (Wildman–Crippen LogP) is 4.44. The van der Waals surface area contributed by atoms with Crippen molar-refractivity contribution in [2.75, 3.05) is 23.3 Å². The zero-order valence-corrected chi connectivity index (χ0v) is 18.2. The summed E-state index contributed by atoms with van der Waals surface area (Å²) in [6.45, 7) is 6.44. The predicted molar refractivity (Wildman–Crippen MR) is 120 cm³/mol. The summed E-state index contributed by atoms with van der Waals surface area (Å²) in [6.07, 6.45) is 4.09. The molecule has 0 bridgehead atoms. The highest BCUT2D eigenvalue weighted by atomic mass is 32.1. The molecular weight excluding hydrogens is 396 g/mol. The second-order valence-corrected chi connectivity index (χ2v) is 8.53. The van der Waals surface area contributed by atoms with Crippen LogP contribution in [0, 0.1) is 5.92 Å². The molecule has 1 amide bonds. The van der Waals surface area contributed by atoms with E-state index in [0.29, 0.717) is 4.88 Å². The molecule has 0 atom stereocenters. The Labute approximate surface area is 180 Å². The first-order valence-electron chi connectivity index (χ1n) is 10.5. The fourth-order valence-corrected chi connectivity index (χ4v) is 4.18. The monoisotopic (exact) mass is 422 g/mol. The number of anilines is 2. The number of nitrogens with one attached hydrogen (secondary N) is 1. The minimum Gasteiger partial charge on any atom is -0.355 e. The summed E-state index contributed by atoms with van der Waals surface area (Å²) in [7, 11) is 0. The number of carbonyl (C=O) groups is 1. The molecule has 0 unspecified atom stereocenters. The van der Waals surface area contributed by atoms with Gasteiger partial charge < -0.3 is 10.2 Å². The third-order valence-corrected chi connectivity index (χ3v) is 6.21. The number of aryl methyl sites for hydroxylation is 1. The van der Waals surface area contributed by atoms with Crippen LogP contribution in [-0.2, 0) is 6.42 Å². The molecule has 2 aromatic heterocycles. The third kappa shape index (κ3) is 4.64. The number of rotatable bonds is 6. The second-order valence-electron chi connectivity index (χ2n) is 7.78. The number of benzene rings is 1. The van der Waals surface area contributed by atoms with Crippen LogP contribution in [0.15, 0.2) is 36.4 Å². The van der Waals surface area contributed by atoms with Crippen molar-refractivity contribution in [2.45, 2.75) is 39.5 Å². The maximum atomic E-state index is 12.5. The molecule has 1 N–H and O–H groups in total. The van der Waals surface area contributed by atoms with Gasteiger partial charge in [0.25, 0.3) is 5.91 Å². The molecule has 0 aliphatic carbocycles. The van der Waals surface area contributed by atoms with Crippen LogP contribution in [0.2, 0.25) is 0 Å². The fourth-order valence-electron chi connectivity index (χ4n) is 3.58. The molecule has 1 fully saturated rings. The van der Waals surface area contributed by atoms with Crippen molar-refractivity contribution in [3.05, 3.63) is 47.0 Å². The Balaban J connectivity index is 1.41. The number of carbonyl (C=O) groups excluding carboxylic acids is 1. The molecule has 0 saturated carbocycles. The summed E-state index contributed by atoms with van der Waals surface area (Å²) in [5.74, 6) is 1.56. The van der Waals surface area contributed by atoms with Crippen LogP contribution in [0.1, 0.15) is 48.5 Å². The molecule has 1 aromatic carbocycles. The Morgan fingerprint density at radius 2 is 1.87 bits per heavy atom. The van der Waals surface area contributed by atoms with Gasteiger partial charge in [-0.15, -0.1) is 15.3 Å². The van der Waals surface area contributed by atoms with Gasteiger partial charge in [0.1, 0.15) is 4.88 Å². The van der Waals surface area contributed by atoms with Crippen molar-refractivity contribution < 1.29 is 4.79 Å². The Hall–Kier alpha value is -2.87. The van der Waals surface area contributed by atoms with Crippen LogP contribution < -0.4 is 10.2 Å². The van der Waals surface area contributed by atoms with E-state index in [1.165, 1.54) is 12.8 Å². The van der Waals surface area contributed by atoms with Crippen LogP contribution in [0.4, 0.5) is 11.5 Å². The van der Waals surface area contributed by atoms with Crippen LogP contribution in [0.25, 0.3) is 11.3 Å². The summed E-state index contributed by atoms with van der Waals surface area (Å²) >= 11 is 1.13. The van der Waals surface area contributed by atoms with Crippen molar-refractivity contribution in [1.82, 2.24) is 19.8 Å². The van der Waals surface area contributed by atoms with Gasteiger partial charge >= 0.3 is 0 Å². The Kier molecular flexibility index (Phi) is 6.32. The largest absolute Gasteiger partial charge is 0.355 e. The summed E-state index contributed by atoms with van der Waals surface area (Å²) in [6, 6.07) is 11.7. The highest BCUT2D eigenvalue weighted by Crippen LogP contribution is 2.24. The SMILES string of the molecule is CCCc1nnsc1C(=O)Nc1ccc(-c2ccc(N3CCC(C)CC3)nn2)cc1. The molecular formula is C22H26N6OS. The number of amides is 1. The highest BCUT2D eigenvalue weighted by molar-refractivity contribution is 7.08. The summed E-state index contributed by atoms with van der Waals surface area (Å²) in [4.78, 5) is 15.4. The van der Waals surface area contributed by atoms with Crippen molar-refractivity contribution in [3.8, 4) is 11.3 Å². The number of aromatic nitrogens is 4. The quantitative estimate of drug-likeness (QED) is 0.632. The molecule has 1 saturated heterocycles. The Morgan fingerprint density at radius 1 is 1.10 bits per heavy atom. The van der Waals surface area contributed by atoms with E-state index >= 15 is 0 Å². The average molecular weight is 423 g/mol. The molecule has 1 aliphatic heterocycles. The molecule has 4 rings (SSSR count). The number of piperidine rings is 1. The first-order chi connectivity index (χ1) is 14.6. The molecule has 0 spiro atoms. The second kappa shape index (κ2) is 9.30. The molecule has 8 heteroatoms. The standard InChI is InChI=1S/C22H26N6OS/c1-3-4-19-21(30-27-25-19)22(29)23-17-7-5-16(6-8-17)18-9-10-20(26-24-18)28-13-11-15(2)12-14-28/h5-10,15H,3-4,11-14H2,1-2H3,(H,23,29). The highest BCUT2D eigenvalue weighted by Gasteiger charge is 2.18. The van der Waals surface area contributed by atoms with E-state index in [9.17, 15) is 4.79 Å². The average Bonchev–Trinajstić information content (AvgIpc) is 3.24. The normalized spacial score (nSPS) is 14.7. The summed E-state index contributed by atoms with van der Waals surface area (Å²) < 4.78 is 3.91. The Morgan fingerprint density at radius 3 is 2.53 bits per heavy atom. The molecule has 1 aliphatic rings. The molecule has 30 heavy (non-hydrogen) atoms. The lowest BCUT2D eigenvalue weighted by Crippen LogP contribution is -2.33. The fraction of sp³-hybridized carbons (Fsp3) is 0.409. The van der Waals surface area contributed by atoms with Gasteiger partial charge in [-0.3, -0.25) is 4.79 Å². The lowest BCUT2D eigenvalue weighted by molar-refractivity contribution is 0.102. The maximum absolute atomic E-state index is 12.5.